The Hall–Kier alpha value is -0.600. The number of hydrogen-bond donors (Lipinski definition) is 0. The number of methoxy groups -OCH3 is 1. The van der Waals surface area contributed by atoms with Gasteiger partial charge in [-0.2, -0.15) is 8.78 Å². The molecule has 0 rings (SSSR count). The third-order valence-corrected chi connectivity index (χ3v) is 0.207. The molecule has 1 nitrogen and oxygen atoms in total. The Morgan fingerprint density at radius 2 is 2.17 bits per heavy atom. The van der Waals surface area contributed by atoms with Gasteiger partial charge in [-0.25, -0.2) is 0 Å². The standard InChI is InChI=1S/C3H4F2O/c1-6-2-3(4)5/h2H,1H3. The van der Waals surface area contributed by atoms with E-state index in [-0.39, 0.29) is 0 Å². The fourth-order valence-corrected chi connectivity index (χ4v) is 0.0891. The molecule has 0 amide bonds. The summed E-state index contributed by atoms with van der Waals surface area (Å²) in [7, 11) is 1.17. The maximum atomic E-state index is 10.8. The molecule has 0 aromatic rings. The lowest BCUT2D eigenvalue weighted by Crippen LogP contribution is -1.63. The molecule has 0 saturated heterocycles. The maximum absolute atomic E-state index is 10.8. The first kappa shape index (κ1) is 5.40. The van der Waals surface area contributed by atoms with Crippen molar-refractivity contribution in [1.29, 1.82) is 0 Å². The summed E-state index contributed by atoms with van der Waals surface area (Å²) in [6.45, 7) is 0. The van der Waals surface area contributed by atoms with Crippen LogP contribution < -0.4 is 0 Å². The predicted molar refractivity (Wildman–Crippen MR) is 17.3 cm³/mol. The van der Waals surface area contributed by atoms with Gasteiger partial charge in [0.2, 0.25) is 0 Å². The lowest BCUT2D eigenvalue weighted by atomic mass is 11.1. The minimum Gasteiger partial charge on any atom is -0.499 e. The van der Waals surface area contributed by atoms with Gasteiger partial charge >= 0.3 is 6.08 Å². The molecule has 0 aromatic heterocycles. The highest BCUT2D eigenvalue weighted by molar-refractivity contribution is 4.67. The van der Waals surface area contributed by atoms with Crippen molar-refractivity contribution in [3.8, 4) is 0 Å². The minimum atomic E-state index is -1.81. The highest BCUT2D eigenvalue weighted by Gasteiger charge is 1.80. The van der Waals surface area contributed by atoms with Crippen LogP contribution in [-0.2, 0) is 4.74 Å². The normalized spacial score (nSPS) is 7.17. The van der Waals surface area contributed by atoms with Gasteiger partial charge in [-0.3, -0.25) is 0 Å². The van der Waals surface area contributed by atoms with E-state index in [1.165, 1.54) is 7.11 Å². The summed E-state index contributed by atoms with van der Waals surface area (Å²) in [5, 5.41) is 0. The van der Waals surface area contributed by atoms with E-state index >= 15 is 0 Å². The molecule has 0 aromatic carbocycles. The second-order valence-corrected chi connectivity index (χ2v) is 0.643. The van der Waals surface area contributed by atoms with Gasteiger partial charge in [0.1, 0.15) is 6.26 Å². The van der Waals surface area contributed by atoms with Crippen LogP contribution in [0.25, 0.3) is 0 Å². The van der Waals surface area contributed by atoms with Gasteiger partial charge in [0, 0.05) is 0 Å². The topological polar surface area (TPSA) is 9.23 Å². The maximum Gasteiger partial charge on any atom is 0.304 e. The molecule has 3 heteroatoms. The number of rotatable bonds is 1. The molecule has 0 spiro atoms. The van der Waals surface area contributed by atoms with Crippen molar-refractivity contribution in [1.82, 2.24) is 0 Å². The van der Waals surface area contributed by atoms with Crippen LogP contribution in [0.5, 0.6) is 0 Å². The Kier molecular flexibility index (Phi) is 2.36. The second kappa shape index (κ2) is 2.63. The van der Waals surface area contributed by atoms with E-state index in [9.17, 15) is 8.78 Å². The van der Waals surface area contributed by atoms with E-state index in [2.05, 4.69) is 4.74 Å². The van der Waals surface area contributed by atoms with Crippen LogP contribution >= 0.6 is 0 Å². The van der Waals surface area contributed by atoms with Gasteiger partial charge in [-0.15, -0.1) is 0 Å². The van der Waals surface area contributed by atoms with Gasteiger partial charge < -0.3 is 4.74 Å². The largest absolute Gasteiger partial charge is 0.499 e. The summed E-state index contributed by atoms with van der Waals surface area (Å²) in [5.41, 5.74) is 0. The fraction of sp³-hybridized carbons (Fsp3) is 0.333. The van der Waals surface area contributed by atoms with Crippen molar-refractivity contribution in [2.45, 2.75) is 0 Å². The molecule has 0 unspecified atom stereocenters. The Labute approximate surface area is 34.2 Å². The average Bonchev–Trinajstić information content (AvgIpc) is 1.35. The van der Waals surface area contributed by atoms with Crippen LogP contribution in [0.3, 0.4) is 0 Å². The highest BCUT2D eigenvalue weighted by atomic mass is 19.3. The Morgan fingerprint density at radius 3 is 2.17 bits per heavy atom. The molecule has 0 radical (unpaired) electrons. The van der Waals surface area contributed by atoms with Crippen LogP contribution in [0.4, 0.5) is 8.78 Å². The molecule has 6 heavy (non-hydrogen) atoms. The lowest BCUT2D eigenvalue weighted by molar-refractivity contribution is 0.291. The van der Waals surface area contributed by atoms with Crippen molar-refractivity contribution in [2.24, 2.45) is 0 Å². The van der Waals surface area contributed by atoms with Crippen molar-refractivity contribution in [2.75, 3.05) is 7.11 Å². The Bertz CT molecular complexity index is 55.8. The summed E-state index contributed by atoms with van der Waals surface area (Å²) >= 11 is 0. The summed E-state index contributed by atoms with van der Waals surface area (Å²) in [6.07, 6.45) is -1.43. The molecule has 0 bridgehead atoms. The second-order valence-electron chi connectivity index (χ2n) is 0.643. The van der Waals surface area contributed by atoms with E-state index < -0.39 is 6.08 Å². The lowest BCUT2D eigenvalue weighted by Gasteiger charge is -1.78. The quantitative estimate of drug-likeness (QED) is 0.446. The molecule has 0 atom stereocenters. The number of ether oxygens (including phenoxy) is 1. The molecule has 36 valence electrons. The van der Waals surface area contributed by atoms with E-state index in [1.54, 1.807) is 0 Å². The Morgan fingerprint density at radius 1 is 1.67 bits per heavy atom. The average molecular weight is 94.1 g/mol. The summed E-state index contributed by atoms with van der Waals surface area (Å²) < 4.78 is 25.4. The molecule has 0 saturated carbocycles. The van der Waals surface area contributed by atoms with E-state index in [0.717, 1.165) is 0 Å². The summed E-state index contributed by atoms with van der Waals surface area (Å²) in [4.78, 5) is 0. The number of hydrogen-bond acceptors (Lipinski definition) is 1. The minimum absolute atomic E-state index is 0.375. The van der Waals surface area contributed by atoms with Crippen LogP contribution in [-0.4, -0.2) is 7.11 Å². The highest BCUT2D eigenvalue weighted by Crippen LogP contribution is 1.93. The molecule has 0 aliphatic heterocycles. The first-order valence-corrected chi connectivity index (χ1v) is 1.31. The smallest absolute Gasteiger partial charge is 0.304 e. The molecular formula is C3H4F2O. The van der Waals surface area contributed by atoms with Gasteiger partial charge in [-0.05, 0) is 0 Å². The molecular weight excluding hydrogens is 90.0 g/mol. The molecule has 0 heterocycles. The zero-order chi connectivity index (χ0) is 4.99. The van der Waals surface area contributed by atoms with Crippen molar-refractivity contribution in [3.05, 3.63) is 12.3 Å². The monoisotopic (exact) mass is 94.0 g/mol. The molecule has 0 N–H and O–H groups in total. The number of halogens is 2. The summed E-state index contributed by atoms with van der Waals surface area (Å²) in [6, 6.07) is 0. The van der Waals surface area contributed by atoms with E-state index in [0.29, 0.717) is 6.26 Å². The zero-order valence-corrected chi connectivity index (χ0v) is 3.24. The predicted octanol–water partition coefficient (Wildman–Crippen LogP) is 1.37. The summed E-state index contributed by atoms with van der Waals surface area (Å²) in [5.74, 6) is 0. The van der Waals surface area contributed by atoms with Gasteiger partial charge in [0.05, 0.1) is 7.11 Å². The van der Waals surface area contributed by atoms with Crippen LogP contribution in [0, 0.1) is 0 Å². The fourth-order valence-electron chi connectivity index (χ4n) is 0.0891. The van der Waals surface area contributed by atoms with Crippen LogP contribution in [0.15, 0.2) is 12.3 Å². The third-order valence-electron chi connectivity index (χ3n) is 0.207. The SMILES string of the molecule is COC=C(F)F. The van der Waals surface area contributed by atoms with Gasteiger partial charge in [-0.1, -0.05) is 0 Å². The molecule has 0 fully saturated rings. The van der Waals surface area contributed by atoms with E-state index in [4.69, 9.17) is 0 Å². The van der Waals surface area contributed by atoms with Crippen LogP contribution in [0.2, 0.25) is 0 Å². The first-order valence-electron chi connectivity index (χ1n) is 1.31. The first-order chi connectivity index (χ1) is 2.77. The third kappa shape index (κ3) is 3.40. The van der Waals surface area contributed by atoms with Crippen LogP contribution in [0.1, 0.15) is 0 Å². The van der Waals surface area contributed by atoms with E-state index in [1.807, 2.05) is 0 Å². The van der Waals surface area contributed by atoms with Gasteiger partial charge in [0.15, 0.2) is 0 Å². The zero-order valence-electron chi connectivity index (χ0n) is 3.24. The molecule has 0 aliphatic rings. The van der Waals surface area contributed by atoms with Crippen molar-refractivity contribution < 1.29 is 13.5 Å². The van der Waals surface area contributed by atoms with Gasteiger partial charge in [0.25, 0.3) is 0 Å². The van der Waals surface area contributed by atoms with Crippen molar-refractivity contribution >= 4 is 0 Å². The van der Waals surface area contributed by atoms with Crippen molar-refractivity contribution in [3.63, 3.8) is 0 Å². The molecule has 0 aliphatic carbocycles. The Balaban J connectivity index is 3.14.